The van der Waals surface area contributed by atoms with E-state index in [2.05, 4.69) is 26.6 Å². The van der Waals surface area contributed by atoms with Gasteiger partial charge in [0.1, 0.15) is 24.2 Å². The Balaban J connectivity index is 1.65. The number of hydrogen-bond donors (Lipinski definition) is 7. The number of urea groups is 1. The summed E-state index contributed by atoms with van der Waals surface area (Å²) in [6.07, 6.45) is 0.271. The molecule has 1 heterocycles. The Bertz CT molecular complexity index is 1590. The standard InChI is InChI=1S/C36H49N7O8/c1-20(2)17-26(39-29(44)18-23-12-14-24(15-13-23)38-36(51)41-25-10-7-6-9-22(25)5)33(48)40-27(19-30(45)46)34(49)42-31(21(3)4)35(50)43-16-8-11-28(43)32(37)47/h6-7,9-10,12-15,20-21,26-28,31H,8,11,16-19H2,1-5H3,(H2,37,47)(H,39,44)(H,40,48)(H,42,49)(H,45,46)(H2,38,41,51)/t26-,27-,28-,31-/m0/s1. The topological polar surface area (TPSA) is 229 Å². The normalized spacial score (nSPS) is 15.7. The minimum Gasteiger partial charge on any atom is -0.481 e. The van der Waals surface area contributed by atoms with Gasteiger partial charge in [0.05, 0.1) is 12.8 Å². The van der Waals surface area contributed by atoms with Crippen LogP contribution in [-0.2, 0) is 35.2 Å². The van der Waals surface area contributed by atoms with Crippen LogP contribution in [0.1, 0.15) is 64.5 Å². The van der Waals surface area contributed by atoms with Crippen molar-refractivity contribution in [2.75, 3.05) is 17.2 Å². The lowest BCUT2D eigenvalue weighted by atomic mass is 10.00. The zero-order chi connectivity index (χ0) is 37.8. The van der Waals surface area contributed by atoms with Crippen molar-refractivity contribution in [1.29, 1.82) is 0 Å². The Morgan fingerprint density at radius 1 is 0.863 bits per heavy atom. The predicted molar refractivity (Wildman–Crippen MR) is 190 cm³/mol. The second kappa shape index (κ2) is 18.5. The number of aryl methyl sites for hydroxylation is 1. The van der Waals surface area contributed by atoms with Crippen molar-refractivity contribution in [3.63, 3.8) is 0 Å². The SMILES string of the molecule is Cc1ccccc1NC(=O)Nc1ccc(CC(=O)N[C@@H](CC(C)C)C(=O)N[C@@H](CC(=O)O)C(=O)N[C@H](C(=O)N2CCC[C@H]2C(N)=O)C(C)C)cc1. The van der Waals surface area contributed by atoms with Crippen molar-refractivity contribution in [3.8, 4) is 0 Å². The summed E-state index contributed by atoms with van der Waals surface area (Å²) in [6.45, 7) is 9.21. The second-order valence-electron chi connectivity index (χ2n) is 13.5. The van der Waals surface area contributed by atoms with Crippen molar-refractivity contribution in [2.45, 2.75) is 90.9 Å². The molecule has 2 aromatic rings. The number of carboxylic acid groups (broad SMARTS) is 1. The summed E-state index contributed by atoms with van der Waals surface area (Å²) in [7, 11) is 0. The molecule has 0 unspecified atom stereocenters. The van der Waals surface area contributed by atoms with E-state index in [1.54, 1.807) is 44.2 Å². The van der Waals surface area contributed by atoms with E-state index in [9.17, 15) is 38.7 Å². The smallest absolute Gasteiger partial charge is 0.323 e. The first-order chi connectivity index (χ1) is 24.0. The monoisotopic (exact) mass is 707 g/mol. The molecule has 2 aromatic carbocycles. The number of primary amides is 1. The van der Waals surface area contributed by atoms with E-state index in [1.165, 1.54) is 4.90 Å². The molecule has 1 fully saturated rings. The van der Waals surface area contributed by atoms with E-state index in [0.29, 0.717) is 29.8 Å². The largest absolute Gasteiger partial charge is 0.481 e. The van der Waals surface area contributed by atoms with Crippen LogP contribution in [-0.4, -0.2) is 82.3 Å². The van der Waals surface area contributed by atoms with Gasteiger partial charge in [-0.2, -0.15) is 0 Å². The highest BCUT2D eigenvalue weighted by Crippen LogP contribution is 2.20. The minimum absolute atomic E-state index is 0.0643. The zero-order valence-electron chi connectivity index (χ0n) is 29.7. The second-order valence-corrected chi connectivity index (χ2v) is 13.5. The van der Waals surface area contributed by atoms with Gasteiger partial charge in [0.25, 0.3) is 0 Å². The maximum atomic E-state index is 13.5. The minimum atomic E-state index is -1.57. The Morgan fingerprint density at radius 2 is 1.51 bits per heavy atom. The highest BCUT2D eigenvalue weighted by Gasteiger charge is 2.39. The summed E-state index contributed by atoms with van der Waals surface area (Å²) < 4.78 is 0. The molecular weight excluding hydrogens is 658 g/mol. The fourth-order valence-corrected chi connectivity index (χ4v) is 5.77. The molecule has 0 bridgehead atoms. The van der Waals surface area contributed by atoms with E-state index in [4.69, 9.17) is 5.73 Å². The number of carbonyl (C=O) groups is 7. The molecule has 15 heteroatoms. The van der Waals surface area contributed by atoms with Crippen LogP contribution in [0.5, 0.6) is 0 Å². The quantitative estimate of drug-likeness (QED) is 0.137. The van der Waals surface area contributed by atoms with Gasteiger partial charge in [0.2, 0.25) is 29.5 Å². The van der Waals surface area contributed by atoms with Gasteiger partial charge in [-0.1, -0.05) is 58.0 Å². The van der Waals surface area contributed by atoms with E-state index in [1.807, 2.05) is 39.0 Å². The van der Waals surface area contributed by atoms with Crippen LogP contribution in [0.25, 0.3) is 0 Å². The average Bonchev–Trinajstić information content (AvgIpc) is 3.55. The maximum Gasteiger partial charge on any atom is 0.323 e. The number of hydrogen-bond acceptors (Lipinski definition) is 7. The number of carboxylic acids is 1. The lowest BCUT2D eigenvalue weighted by Gasteiger charge is -2.31. The molecule has 276 valence electrons. The number of carbonyl (C=O) groups excluding carboxylic acids is 6. The third-order valence-electron chi connectivity index (χ3n) is 8.44. The van der Waals surface area contributed by atoms with Gasteiger partial charge in [-0.15, -0.1) is 0 Å². The van der Waals surface area contributed by atoms with Gasteiger partial charge in [0, 0.05) is 17.9 Å². The summed E-state index contributed by atoms with van der Waals surface area (Å²) in [4.78, 5) is 90.7. The van der Waals surface area contributed by atoms with E-state index in [0.717, 1.165) is 5.56 Å². The van der Waals surface area contributed by atoms with Crippen LogP contribution in [0.2, 0.25) is 0 Å². The predicted octanol–water partition coefficient (Wildman–Crippen LogP) is 2.29. The number of rotatable bonds is 16. The Kier molecular flexibility index (Phi) is 14.5. The van der Waals surface area contributed by atoms with Gasteiger partial charge in [-0.05, 0) is 67.3 Å². The molecule has 0 aromatic heterocycles. The number of nitrogens with zero attached hydrogens (tertiary/aromatic N) is 1. The molecule has 1 aliphatic rings. The Hall–Kier alpha value is -5.47. The fourth-order valence-electron chi connectivity index (χ4n) is 5.77. The molecule has 3 rings (SSSR count). The van der Waals surface area contributed by atoms with Crippen molar-refractivity contribution in [1.82, 2.24) is 20.9 Å². The number of aliphatic carboxylic acids is 1. The molecule has 8 N–H and O–H groups in total. The molecule has 51 heavy (non-hydrogen) atoms. The van der Waals surface area contributed by atoms with Crippen molar-refractivity contribution < 1.29 is 38.7 Å². The van der Waals surface area contributed by atoms with Gasteiger partial charge in [0.15, 0.2) is 0 Å². The summed E-state index contributed by atoms with van der Waals surface area (Å²) in [5.74, 6) is -5.21. The fraction of sp³-hybridized carbons (Fsp3) is 0.472. The Morgan fingerprint density at radius 3 is 2.10 bits per heavy atom. The Labute approximate surface area is 297 Å². The lowest BCUT2D eigenvalue weighted by molar-refractivity contribution is -0.143. The summed E-state index contributed by atoms with van der Waals surface area (Å²) in [5, 5.41) is 22.8. The van der Waals surface area contributed by atoms with Gasteiger partial charge >= 0.3 is 12.0 Å². The number of nitrogens with two attached hydrogens (primary N) is 1. The summed E-state index contributed by atoms with van der Waals surface area (Å²) in [5.41, 5.74) is 8.15. The third kappa shape index (κ3) is 12.1. The first-order valence-corrected chi connectivity index (χ1v) is 17.0. The molecule has 1 aliphatic heterocycles. The van der Waals surface area contributed by atoms with Crippen molar-refractivity contribution in [2.24, 2.45) is 17.6 Å². The number of para-hydroxylation sites is 1. The van der Waals surface area contributed by atoms with E-state index >= 15 is 0 Å². The third-order valence-corrected chi connectivity index (χ3v) is 8.44. The molecule has 0 aliphatic carbocycles. The molecule has 0 radical (unpaired) electrons. The van der Waals surface area contributed by atoms with Crippen LogP contribution in [0.4, 0.5) is 16.2 Å². The van der Waals surface area contributed by atoms with Crippen molar-refractivity contribution >= 4 is 52.9 Å². The molecule has 7 amide bonds. The van der Waals surface area contributed by atoms with Crippen LogP contribution in [0.15, 0.2) is 48.5 Å². The molecule has 4 atom stereocenters. The zero-order valence-corrected chi connectivity index (χ0v) is 29.7. The lowest BCUT2D eigenvalue weighted by Crippen LogP contribution is -2.59. The van der Waals surface area contributed by atoms with Crippen molar-refractivity contribution in [3.05, 3.63) is 59.7 Å². The highest BCUT2D eigenvalue weighted by molar-refractivity contribution is 6.00. The molecule has 15 nitrogen and oxygen atoms in total. The van der Waals surface area contributed by atoms with Gasteiger partial charge in [-0.3, -0.25) is 28.8 Å². The van der Waals surface area contributed by atoms with Gasteiger partial charge in [-0.25, -0.2) is 4.79 Å². The summed E-state index contributed by atoms with van der Waals surface area (Å²) >= 11 is 0. The maximum absolute atomic E-state index is 13.5. The van der Waals surface area contributed by atoms with Crippen LogP contribution in [0, 0.1) is 18.8 Å². The number of amides is 7. The number of anilines is 2. The van der Waals surface area contributed by atoms with E-state index in [-0.39, 0.29) is 25.3 Å². The van der Waals surface area contributed by atoms with E-state index < -0.39 is 78.0 Å². The summed E-state index contributed by atoms with van der Waals surface area (Å²) in [6, 6.07) is 8.93. The first kappa shape index (κ1) is 40.0. The highest BCUT2D eigenvalue weighted by atomic mass is 16.4. The number of likely N-dealkylation sites (tertiary alicyclic amines) is 1. The molecule has 0 spiro atoms. The number of benzene rings is 2. The molecule has 1 saturated heterocycles. The first-order valence-electron chi connectivity index (χ1n) is 17.0. The van der Waals surface area contributed by atoms with Gasteiger partial charge < -0.3 is 42.3 Å². The van der Waals surface area contributed by atoms with Crippen LogP contribution < -0.4 is 32.3 Å². The molecular formula is C36H49N7O8. The average molecular weight is 708 g/mol. The van der Waals surface area contributed by atoms with Crippen LogP contribution in [0.3, 0.4) is 0 Å². The number of nitrogens with one attached hydrogen (secondary N) is 5. The molecule has 0 saturated carbocycles. The van der Waals surface area contributed by atoms with Crippen LogP contribution >= 0.6 is 0 Å².